The fourth-order valence-corrected chi connectivity index (χ4v) is 4.07. The lowest BCUT2D eigenvalue weighted by molar-refractivity contribution is -0.227. The molecule has 1 fully saturated rings. The lowest BCUT2D eigenvalue weighted by Crippen LogP contribution is -2.52. The first-order valence-electron chi connectivity index (χ1n) is 10.2. The molecule has 2 aliphatic rings. The van der Waals surface area contributed by atoms with Crippen LogP contribution in [0.4, 0.5) is 0 Å². The van der Waals surface area contributed by atoms with Crippen molar-refractivity contribution >= 4 is 23.5 Å². The summed E-state index contributed by atoms with van der Waals surface area (Å²) >= 11 is 5.98. The highest BCUT2D eigenvalue weighted by atomic mass is 35.5. The smallest absolute Gasteiger partial charge is 0.303 e. The Labute approximate surface area is 180 Å². The Morgan fingerprint density at radius 3 is 2.43 bits per heavy atom. The molecule has 0 bridgehead atoms. The van der Waals surface area contributed by atoms with Crippen LogP contribution in [0.5, 0.6) is 5.75 Å². The van der Waals surface area contributed by atoms with Gasteiger partial charge in [-0.2, -0.15) is 0 Å². The number of aliphatic carboxylic acids is 1. The number of carbonyl (C=O) groups excluding carboxylic acids is 1. The number of likely N-dealkylation sites (tertiary alicyclic amines) is 1. The van der Waals surface area contributed by atoms with Gasteiger partial charge in [0.2, 0.25) is 11.7 Å². The van der Waals surface area contributed by atoms with E-state index in [0.717, 1.165) is 22.4 Å². The third kappa shape index (κ3) is 4.60. The zero-order chi connectivity index (χ0) is 21.1. The van der Waals surface area contributed by atoms with Gasteiger partial charge in [-0.3, -0.25) is 9.59 Å². The highest BCUT2D eigenvalue weighted by molar-refractivity contribution is 6.30. The van der Waals surface area contributed by atoms with Crippen molar-refractivity contribution < 1.29 is 24.2 Å². The van der Waals surface area contributed by atoms with E-state index in [9.17, 15) is 9.59 Å². The minimum absolute atomic E-state index is 0.00471. The van der Waals surface area contributed by atoms with E-state index in [0.29, 0.717) is 44.0 Å². The van der Waals surface area contributed by atoms with E-state index in [-0.39, 0.29) is 18.7 Å². The maximum atomic E-state index is 12.3. The van der Waals surface area contributed by atoms with Crippen molar-refractivity contribution in [3.8, 4) is 16.9 Å². The lowest BCUT2D eigenvalue weighted by Gasteiger charge is -2.44. The summed E-state index contributed by atoms with van der Waals surface area (Å²) in [4.78, 5) is 24.7. The number of benzene rings is 2. The number of carboxylic acids is 1. The summed E-state index contributed by atoms with van der Waals surface area (Å²) in [5.74, 6) is -0.760. The van der Waals surface area contributed by atoms with Crippen LogP contribution in [0.2, 0.25) is 5.02 Å². The summed E-state index contributed by atoms with van der Waals surface area (Å²) < 4.78 is 12.4. The van der Waals surface area contributed by atoms with E-state index in [1.54, 1.807) is 4.90 Å². The van der Waals surface area contributed by atoms with Crippen LogP contribution in [-0.4, -0.2) is 40.8 Å². The van der Waals surface area contributed by atoms with E-state index in [4.69, 9.17) is 26.2 Å². The first-order valence-corrected chi connectivity index (χ1v) is 10.5. The molecule has 7 heteroatoms. The largest absolute Gasteiger partial charge is 0.481 e. The Hall–Kier alpha value is -2.57. The van der Waals surface area contributed by atoms with Gasteiger partial charge in [0.25, 0.3) is 0 Å². The van der Waals surface area contributed by atoms with Gasteiger partial charge < -0.3 is 19.5 Å². The molecular formula is C23H24ClNO5. The van der Waals surface area contributed by atoms with Crippen LogP contribution in [0.15, 0.2) is 42.5 Å². The number of nitrogens with zero attached hydrogens (tertiary/aromatic N) is 1. The van der Waals surface area contributed by atoms with Crippen molar-refractivity contribution in [1.29, 1.82) is 0 Å². The molecule has 0 unspecified atom stereocenters. The molecule has 2 aromatic carbocycles. The van der Waals surface area contributed by atoms with Gasteiger partial charge >= 0.3 is 5.97 Å². The van der Waals surface area contributed by atoms with Gasteiger partial charge in [0, 0.05) is 49.4 Å². The molecule has 6 nitrogen and oxygen atoms in total. The van der Waals surface area contributed by atoms with Gasteiger partial charge in [-0.1, -0.05) is 29.8 Å². The van der Waals surface area contributed by atoms with E-state index in [2.05, 4.69) is 6.07 Å². The lowest BCUT2D eigenvalue weighted by atomic mass is 9.99. The topological polar surface area (TPSA) is 76.1 Å². The molecule has 1 saturated heterocycles. The number of carboxylic acid groups (broad SMARTS) is 1. The van der Waals surface area contributed by atoms with Crippen molar-refractivity contribution in [2.75, 3.05) is 13.1 Å². The number of hydrogen-bond donors (Lipinski definition) is 1. The number of amides is 1. The van der Waals surface area contributed by atoms with Gasteiger partial charge in [0.1, 0.15) is 5.75 Å². The fourth-order valence-electron chi connectivity index (χ4n) is 3.95. The normalized spacial score (nSPS) is 17.3. The maximum Gasteiger partial charge on any atom is 0.303 e. The molecule has 30 heavy (non-hydrogen) atoms. The van der Waals surface area contributed by atoms with Gasteiger partial charge in [-0.15, -0.1) is 0 Å². The SMILES string of the molecule is O=C(O)CCCC(=O)N1CCC2(CC1)OCc1cc(-c3ccc(Cl)cc3)ccc1O2. The quantitative estimate of drug-likeness (QED) is 0.757. The second kappa shape index (κ2) is 8.66. The summed E-state index contributed by atoms with van der Waals surface area (Å²) in [5, 5.41) is 9.42. The standard InChI is InChI=1S/C23H24ClNO5/c24-19-7-4-16(5-8-19)17-6-9-20-18(14-17)15-29-23(30-20)10-12-25(13-11-23)21(26)2-1-3-22(27)28/h4-9,14H,1-3,10-13,15H2,(H,27,28). The number of hydrogen-bond acceptors (Lipinski definition) is 4. The number of ether oxygens (including phenoxy) is 2. The van der Waals surface area contributed by atoms with Crippen molar-refractivity contribution in [3.63, 3.8) is 0 Å². The highest BCUT2D eigenvalue weighted by Crippen LogP contribution is 2.39. The molecule has 1 amide bonds. The predicted octanol–water partition coefficient (Wildman–Crippen LogP) is 4.49. The molecular weight excluding hydrogens is 406 g/mol. The predicted molar refractivity (Wildman–Crippen MR) is 112 cm³/mol. The molecule has 0 atom stereocenters. The van der Waals surface area contributed by atoms with Crippen LogP contribution in [-0.2, 0) is 20.9 Å². The van der Waals surface area contributed by atoms with Crippen LogP contribution >= 0.6 is 11.6 Å². The number of rotatable bonds is 5. The summed E-state index contributed by atoms with van der Waals surface area (Å²) in [6.45, 7) is 1.55. The molecule has 0 saturated carbocycles. The van der Waals surface area contributed by atoms with Crippen LogP contribution in [0.3, 0.4) is 0 Å². The van der Waals surface area contributed by atoms with Gasteiger partial charge in [-0.05, 0) is 41.8 Å². The van der Waals surface area contributed by atoms with Crippen LogP contribution in [0.1, 0.15) is 37.7 Å². The number of piperidine rings is 1. The number of halogens is 1. The Morgan fingerprint density at radius 2 is 1.73 bits per heavy atom. The summed E-state index contributed by atoms with van der Waals surface area (Å²) in [7, 11) is 0. The number of fused-ring (bicyclic) bond motifs is 1. The Morgan fingerprint density at radius 1 is 1.03 bits per heavy atom. The van der Waals surface area contributed by atoms with Crippen LogP contribution < -0.4 is 4.74 Å². The fraction of sp³-hybridized carbons (Fsp3) is 0.391. The van der Waals surface area contributed by atoms with Gasteiger partial charge in [0.05, 0.1) is 6.61 Å². The van der Waals surface area contributed by atoms with Crippen molar-refractivity contribution in [2.24, 2.45) is 0 Å². The van der Waals surface area contributed by atoms with Crippen molar-refractivity contribution in [2.45, 2.75) is 44.5 Å². The summed E-state index contributed by atoms with van der Waals surface area (Å²) in [6, 6.07) is 13.8. The van der Waals surface area contributed by atoms with Crippen molar-refractivity contribution in [3.05, 3.63) is 53.1 Å². The molecule has 0 aromatic heterocycles. The van der Waals surface area contributed by atoms with Crippen molar-refractivity contribution in [1.82, 2.24) is 4.90 Å². The molecule has 0 radical (unpaired) electrons. The molecule has 158 valence electrons. The molecule has 2 aliphatic heterocycles. The molecule has 4 rings (SSSR count). The van der Waals surface area contributed by atoms with E-state index >= 15 is 0 Å². The average molecular weight is 430 g/mol. The Kier molecular flexibility index (Phi) is 5.97. The number of carbonyl (C=O) groups is 2. The van der Waals surface area contributed by atoms with E-state index < -0.39 is 11.8 Å². The highest BCUT2D eigenvalue weighted by Gasteiger charge is 2.41. The molecule has 2 aromatic rings. The third-order valence-corrected chi connectivity index (χ3v) is 5.94. The van der Waals surface area contributed by atoms with Crippen LogP contribution in [0, 0.1) is 0 Å². The average Bonchev–Trinajstić information content (AvgIpc) is 2.74. The first kappa shape index (κ1) is 20.7. The Balaban J connectivity index is 1.37. The maximum absolute atomic E-state index is 12.3. The molecule has 1 spiro atoms. The monoisotopic (exact) mass is 429 g/mol. The van der Waals surface area contributed by atoms with E-state index in [1.807, 2.05) is 36.4 Å². The Bertz CT molecular complexity index is 935. The third-order valence-electron chi connectivity index (χ3n) is 5.68. The molecule has 1 N–H and O–H groups in total. The van der Waals surface area contributed by atoms with Gasteiger partial charge in [0.15, 0.2) is 0 Å². The van der Waals surface area contributed by atoms with E-state index in [1.165, 1.54) is 0 Å². The molecule has 0 aliphatic carbocycles. The second-order valence-corrected chi connectivity index (χ2v) is 8.20. The zero-order valence-corrected chi connectivity index (χ0v) is 17.4. The zero-order valence-electron chi connectivity index (χ0n) is 16.6. The van der Waals surface area contributed by atoms with Crippen LogP contribution in [0.25, 0.3) is 11.1 Å². The molecule has 2 heterocycles. The first-order chi connectivity index (χ1) is 14.4. The summed E-state index contributed by atoms with van der Waals surface area (Å²) in [6.07, 6.45) is 1.83. The second-order valence-electron chi connectivity index (χ2n) is 7.76. The minimum atomic E-state index is -0.873. The van der Waals surface area contributed by atoms with Gasteiger partial charge in [-0.25, -0.2) is 0 Å². The summed E-state index contributed by atoms with van der Waals surface area (Å²) in [5.41, 5.74) is 3.16. The minimum Gasteiger partial charge on any atom is -0.481 e.